The summed E-state index contributed by atoms with van der Waals surface area (Å²) >= 11 is 0. The second-order valence-electron chi connectivity index (χ2n) is 7.32. The molecule has 2 atom stereocenters. The van der Waals surface area contributed by atoms with Crippen LogP contribution >= 0.6 is 0 Å². The van der Waals surface area contributed by atoms with Crippen LogP contribution in [-0.2, 0) is 14.3 Å². The van der Waals surface area contributed by atoms with E-state index in [1.807, 2.05) is 6.92 Å². The summed E-state index contributed by atoms with van der Waals surface area (Å²) in [5, 5.41) is 8.72. The highest BCUT2D eigenvalue weighted by molar-refractivity contribution is 5.77. The van der Waals surface area contributed by atoms with Gasteiger partial charge in [-0.05, 0) is 45.4 Å². The molecule has 0 bridgehead atoms. The van der Waals surface area contributed by atoms with E-state index < -0.39 is 5.97 Å². The maximum absolute atomic E-state index is 12.8. The minimum absolute atomic E-state index is 0.154. The molecular weight excluding hydrogens is 306 g/mol. The van der Waals surface area contributed by atoms with Crippen molar-refractivity contribution in [3.05, 3.63) is 0 Å². The van der Waals surface area contributed by atoms with Crippen molar-refractivity contribution in [2.75, 3.05) is 13.2 Å². The lowest BCUT2D eigenvalue weighted by Crippen LogP contribution is -2.65. The SMILES string of the molecule is CCCN(C(=O)CCCCC(=O)O)C1CC(OCC)C12CCCC2. The Morgan fingerprint density at radius 3 is 2.42 bits per heavy atom. The fourth-order valence-corrected chi connectivity index (χ4v) is 4.68. The molecule has 2 aliphatic rings. The van der Waals surface area contributed by atoms with Crippen LogP contribution < -0.4 is 0 Å². The van der Waals surface area contributed by atoms with E-state index in [0.29, 0.717) is 31.4 Å². The van der Waals surface area contributed by atoms with Crippen LogP contribution in [0.25, 0.3) is 0 Å². The van der Waals surface area contributed by atoms with Gasteiger partial charge in [-0.1, -0.05) is 19.8 Å². The van der Waals surface area contributed by atoms with Gasteiger partial charge in [0, 0.05) is 37.5 Å². The van der Waals surface area contributed by atoms with Crippen LogP contribution in [0.2, 0.25) is 0 Å². The molecule has 0 aromatic rings. The summed E-state index contributed by atoms with van der Waals surface area (Å²) in [7, 11) is 0. The summed E-state index contributed by atoms with van der Waals surface area (Å²) in [6.45, 7) is 5.72. The number of aliphatic carboxylic acids is 1. The summed E-state index contributed by atoms with van der Waals surface area (Å²) in [5.74, 6) is -0.579. The average molecular weight is 339 g/mol. The number of hydrogen-bond acceptors (Lipinski definition) is 3. The topological polar surface area (TPSA) is 66.8 Å². The number of unbranched alkanes of at least 4 members (excludes halogenated alkanes) is 1. The van der Waals surface area contributed by atoms with Crippen LogP contribution in [0.15, 0.2) is 0 Å². The largest absolute Gasteiger partial charge is 0.481 e. The van der Waals surface area contributed by atoms with Gasteiger partial charge in [0.2, 0.25) is 5.91 Å². The van der Waals surface area contributed by atoms with Crippen molar-refractivity contribution in [1.82, 2.24) is 4.90 Å². The molecule has 138 valence electrons. The van der Waals surface area contributed by atoms with E-state index in [-0.39, 0.29) is 17.7 Å². The van der Waals surface area contributed by atoms with Gasteiger partial charge in [0.1, 0.15) is 0 Å². The first-order valence-corrected chi connectivity index (χ1v) is 9.68. The zero-order valence-corrected chi connectivity index (χ0v) is 15.3. The third-order valence-electron chi connectivity index (χ3n) is 5.84. The summed E-state index contributed by atoms with van der Waals surface area (Å²) in [6.07, 6.45) is 8.96. The molecule has 0 heterocycles. The smallest absolute Gasteiger partial charge is 0.303 e. The van der Waals surface area contributed by atoms with Gasteiger partial charge in [-0.15, -0.1) is 0 Å². The number of ether oxygens (including phenoxy) is 1. The zero-order valence-electron chi connectivity index (χ0n) is 15.3. The Kier molecular flexibility index (Phi) is 7.08. The highest BCUT2D eigenvalue weighted by Gasteiger charge is 2.59. The Labute approximate surface area is 145 Å². The number of rotatable bonds is 10. The van der Waals surface area contributed by atoms with Crippen LogP contribution in [0, 0.1) is 5.41 Å². The minimum atomic E-state index is -0.781. The number of amides is 1. The molecule has 1 spiro atoms. The van der Waals surface area contributed by atoms with Crippen molar-refractivity contribution in [3.8, 4) is 0 Å². The van der Waals surface area contributed by atoms with Crippen LogP contribution in [0.3, 0.4) is 0 Å². The van der Waals surface area contributed by atoms with Crippen molar-refractivity contribution in [3.63, 3.8) is 0 Å². The van der Waals surface area contributed by atoms with Crippen LogP contribution in [-0.4, -0.2) is 47.2 Å². The van der Waals surface area contributed by atoms with E-state index in [9.17, 15) is 9.59 Å². The number of carboxylic acids is 1. The molecule has 24 heavy (non-hydrogen) atoms. The van der Waals surface area contributed by atoms with Gasteiger partial charge in [0.25, 0.3) is 0 Å². The molecular formula is C19H33NO4. The summed E-state index contributed by atoms with van der Waals surface area (Å²) in [6, 6.07) is 0.323. The third kappa shape index (κ3) is 4.11. The molecule has 0 saturated heterocycles. The van der Waals surface area contributed by atoms with Gasteiger partial charge in [-0.3, -0.25) is 9.59 Å². The molecule has 0 aromatic carbocycles. The Morgan fingerprint density at radius 1 is 1.17 bits per heavy atom. The minimum Gasteiger partial charge on any atom is -0.481 e. The van der Waals surface area contributed by atoms with Gasteiger partial charge in [0.15, 0.2) is 0 Å². The summed E-state index contributed by atoms with van der Waals surface area (Å²) in [4.78, 5) is 25.5. The molecule has 0 aliphatic heterocycles. The fraction of sp³-hybridized carbons (Fsp3) is 0.895. The Balaban J connectivity index is 1.96. The molecule has 5 heteroatoms. The molecule has 2 rings (SSSR count). The van der Waals surface area contributed by atoms with Crippen molar-refractivity contribution < 1.29 is 19.4 Å². The molecule has 2 saturated carbocycles. The predicted octanol–water partition coefficient (Wildman–Crippen LogP) is 3.61. The first kappa shape index (κ1) is 19.2. The van der Waals surface area contributed by atoms with Gasteiger partial charge in [-0.25, -0.2) is 0 Å². The maximum atomic E-state index is 12.8. The molecule has 1 amide bonds. The Hall–Kier alpha value is -1.10. The monoisotopic (exact) mass is 339 g/mol. The van der Waals surface area contributed by atoms with Crippen LogP contribution in [0.5, 0.6) is 0 Å². The summed E-state index contributed by atoms with van der Waals surface area (Å²) in [5.41, 5.74) is 0.182. The first-order chi connectivity index (χ1) is 11.5. The normalized spacial score (nSPS) is 24.8. The predicted molar refractivity (Wildman–Crippen MR) is 92.8 cm³/mol. The van der Waals surface area contributed by atoms with Crippen molar-refractivity contribution in [2.24, 2.45) is 5.41 Å². The zero-order chi connectivity index (χ0) is 17.6. The lowest BCUT2D eigenvalue weighted by Gasteiger charge is -2.57. The van der Waals surface area contributed by atoms with E-state index >= 15 is 0 Å². The molecule has 2 fully saturated rings. The molecule has 0 radical (unpaired) electrons. The average Bonchev–Trinajstić information content (AvgIpc) is 3.06. The number of carbonyl (C=O) groups is 2. The Bertz CT molecular complexity index is 431. The number of hydrogen-bond donors (Lipinski definition) is 1. The van der Waals surface area contributed by atoms with Crippen LogP contribution in [0.4, 0.5) is 0 Å². The van der Waals surface area contributed by atoms with E-state index in [0.717, 1.165) is 26.0 Å². The fourth-order valence-electron chi connectivity index (χ4n) is 4.68. The summed E-state index contributed by atoms with van der Waals surface area (Å²) < 4.78 is 5.98. The molecule has 2 aliphatic carbocycles. The van der Waals surface area contributed by atoms with Gasteiger partial charge < -0.3 is 14.7 Å². The second-order valence-corrected chi connectivity index (χ2v) is 7.32. The molecule has 2 unspecified atom stereocenters. The van der Waals surface area contributed by atoms with Crippen molar-refractivity contribution in [1.29, 1.82) is 0 Å². The van der Waals surface area contributed by atoms with Crippen molar-refractivity contribution in [2.45, 2.75) is 90.2 Å². The second kappa shape index (κ2) is 8.84. The van der Waals surface area contributed by atoms with E-state index in [1.54, 1.807) is 0 Å². The number of nitrogens with zero attached hydrogens (tertiary/aromatic N) is 1. The van der Waals surface area contributed by atoms with Gasteiger partial charge in [0.05, 0.1) is 6.10 Å². The third-order valence-corrected chi connectivity index (χ3v) is 5.84. The van der Waals surface area contributed by atoms with E-state index in [2.05, 4.69) is 11.8 Å². The Morgan fingerprint density at radius 2 is 1.83 bits per heavy atom. The van der Waals surface area contributed by atoms with Crippen molar-refractivity contribution >= 4 is 11.9 Å². The highest BCUT2D eigenvalue weighted by Crippen LogP contribution is 2.56. The number of carbonyl (C=O) groups excluding carboxylic acids is 1. The quantitative estimate of drug-likeness (QED) is 0.618. The lowest BCUT2D eigenvalue weighted by atomic mass is 9.59. The van der Waals surface area contributed by atoms with Gasteiger partial charge in [-0.2, -0.15) is 0 Å². The van der Waals surface area contributed by atoms with Gasteiger partial charge >= 0.3 is 5.97 Å². The molecule has 0 aromatic heterocycles. The van der Waals surface area contributed by atoms with E-state index in [1.165, 1.54) is 25.7 Å². The molecule has 1 N–H and O–H groups in total. The first-order valence-electron chi connectivity index (χ1n) is 9.68. The lowest BCUT2D eigenvalue weighted by molar-refractivity contribution is -0.176. The maximum Gasteiger partial charge on any atom is 0.303 e. The highest BCUT2D eigenvalue weighted by atomic mass is 16.5. The standard InChI is InChI=1S/C19H33NO4/c1-3-13-20(17(21)9-5-6-10-18(22)23)15-14-16(24-4-2)19(15)11-7-8-12-19/h15-16H,3-14H2,1-2H3,(H,22,23). The number of carboxylic acid groups (broad SMARTS) is 1. The van der Waals surface area contributed by atoms with E-state index in [4.69, 9.17) is 9.84 Å². The molecule has 5 nitrogen and oxygen atoms in total. The van der Waals surface area contributed by atoms with Crippen LogP contribution in [0.1, 0.15) is 78.1 Å².